The van der Waals surface area contributed by atoms with E-state index < -0.39 is 0 Å². The van der Waals surface area contributed by atoms with Crippen LogP contribution in [0.4, 0.5) is 0 Å². The number of nitrogens with zero attached hydrogens (tertiary/aromatic N) is 2. The van der Waals surface area contributed by atoms with E-state index in [1.165, 1.54) is 18.2 Å². The highest BCUT2D eigenvalue weighted by Gasteiger charge is 2.24. The van der Waals surface area contributed by atoms with E-state index in [-0.39, 0.29) is 0 Å². The maximum absolute atomic E-state index is 5.43. The zero-order chi connectivity index (χ0) is 13.8. The lowest BCUT2D eigenvalue weighted by atomic mass is 9.91. The van der Waals surface area contributed by atoms with Crippen LogP contribution in [-0.4, -0.2) is 42.8 Å². The summed E-state index contributed by atoms with van der Waals surface area (Å²) in [5.41, 5.74) is 2.07. The molecule has 108 valence electrons. The standard InChI is InChI=1S/C16H23N3O/c1-2-17-9-12-19-10-7-13(8-11-19)16-14-5-3-4-6-15(14)20-18-16/h3-6,13,17H,2,7-12H2,1H3. The second kappa shape index (κ2) is 6.37. The minimum Gasteiger partial charge on any atom is -0.356 e. The van der Waals surface area contributed by atoms with Crippen LogP contribution in [0.15, 0.2) is 28.8 Å². The van der Waals surface area contributed by atoms with Crippen molar-refractivity contribution in [1.29, 1.82) is 0 Å². The zero-order valence-corrected chi connectivity index (χ0v) is 12.1. The van der Waals surface area contributed by atoms with Gasteiger partial charge in [-0.3, -0.25) is 0 Å². The first-order valence-corrected chi connectivity index (χ1v) is 7.66. The first-order chi connectivity index (χ1) is 9.88. The molecule has 1 saturated heterocycles. The van der Waals surface area contributed by atoms with Crippen LogP contribution in [0.3, 0.4) is 0 Å². The van der Waals surface area contributed by atoms with Crippen molar-refractivity contribution in [2.45, 2.75) is 25.7 Å². The van der Waals surface area contributed by atoms with Crippen molar-refractivity contribution < 1.29 is 4.52 Å². The van der Waals surface area contributed by atoms with Gasteiger partial charge in [-0.2, -0.15) is 0 Å². The van der Waals surface area contributed by atoms with Crippen LogP contribution in [0.5, 0.6) is 0 Å². The Kier molecular flexibility index (Phi) is 4.33. The van der Waals surface area contributed by atoms with Crippen molar-refractivity contribution in [3.8, 4) is 0 Å². The van der Waals surface area contributed by atoms with Gasteiger partial charge in [0, 0.05) is 24.4 Å². The second-order valence-corrected chi connectivity index (χ2v) is 5.53. The van der Waals surface area contributed by atoms with E-state index in [1.807, 2.05) is 12.1 Å². The monoisotopic (exact) mass is 273 g/mol. The van der Waals surface area contributed by atoms with E-state index in [0.29, 0.717) is 5.92 Å². The van der Waals surface area contributed by atoms with E-state index in [9.17, 15) is 0 Å². The summed E-state index contributed by atoms with van der Waals surface area (Å²) < 4.78 is 5.43. The number of likely N-dealkylation sites (tertiary alicyclic amines) is 1. The molecule has 1 aromatic heterocycles. The number of likely N-dealkylation sites (N-methyl/N-ethyl adjacent to an activating group) is 1. The van der Waals surface area contributed by atoms with Crippen molar-refractivity contribution in [3.05, 3.63) is 30.0 Å². The number of hydrogen-bond acceptors (Lipinski definition) is 4. The molecule has 4 heteroatoms. The summed E-state index contributed by atoms with van der Waals surface area (Å²) in [4.78, 5) is 2.54. The van der Waals surface area contributed by atoms with Gasteiger partial charge in [-0.05, 0) is 44.6 Å². The van der Waals surface area contributed by atoms with Gasteiger partial charge in [0.05, 0.1) is 5.69 Å². The number of fused-ring (bicyclic) bond motifs is 1. The van der Waals surface area contributed by atoms with E-state index in [0.717, 1.165) is 44.0 Å². The average molecular weight is 273 g/mol. The van der Waals surface area contributed by atoms with Crippen LogP contribution in [0.25, 0.3) is 11.0 Å². The highest BCUT2D eigenvalue weighted by atomic mass is 16.5. The van der Waals surface area contributed by atoms with Gasteiger partial charge in [-0.1, -0.05) is 24.2 Å². The number of piperidine rings is 1. The molecule has 0 unspecified atom stereocenters. The Labute approximate surface area is 120 Å². The highest BCUT2D eigenvalue weighted by Crippen LogP contribution is 2.32. The summed E-state index contributed by atoms with van der Waals surface area (Å²) in [5, 5.41) is 8.90. The van der Waals surface area contributed by atoms with Crippen LogP contribution in [0.2, 0.25) is 0 Å². The minimum absolute atomic E-state index is 0.550. The number of hydrogen-bond donors (Lipinski definition) is 1. The summed E-state index contributed by atoms with van der Waals surface area (Å²) in [7, 11) is 0. The summed E-state index contributed by atoms with van der Waals surface area (Å²) in [6.07, 6.45) is 2.37. The largest absolute Gasteiger partial charge is 0.356 e. The molecule has 0 saturated carbocycles. The zero-order valence-electron chi connectivity index (χ0n) is 12.1. The second-order valence-electron chi connectivity index (χ2n) is 5.53. The Hall–Kier alpha value is -1.39. The quantitative estimate of drug-likeness (QED) is 0.850. The van der Waals surface area contributed by atoms with Gasteiger partial charge in [-0.25, -0.2) is 0 Å². The highest BCUT2D eigenvalue weighted by molar-refractivity contribution is 5.79. The molecule has 1 N–H and O–H groups in total. The third-order valence-corrected chi connectivity index (χ3v) is 4.23. The van der Waals surface area contributed by atoms with Crippen LogP contribution < -0.4 is 5.32 Å². The third kappa shape index (κ3) is 2.86. The molecule has 2 heterocycles. The first kappa shape index (κ1) is 13.6. The van der Waals surface area contributed by atoms with E-state index in [2.05, 4.69) is 34.4 Å². The summed E-state index contributed by atoms with van der Waals surface area (Å²) in [6.45, 7) is 7.78. The molecule has 4 nitrogen and oxygen atoms in total. The predicted octanol–water partition coefficient (Wildman–Crippen LogP) is 2.62. The minimum atomic E-state index is 0.550. The van der Waals surface area contributed by atoms with Gasteiger partial charge >= 0.3 is 0 Å². The summed E-state index contributed by atoms with van der Waals surface area (Å²) in [6, 6.07) is 8.19. The molecular formula is C16H23N3O. The smallest absolute Gasteiger partial charge is 0.167 e. The van der Waals surface area contributed by atoms with Gasteiger partial charge in [0.15, 0.2) is 5.58 Å². The molecule has 20 heavy (non-hydrogen) atoms. The van der Waals surface area contributed by atoms with Crippen molar-refractivity contribution in [2.24, 2.45) is 0 Å². The van der Waals surface area contributed by atoms with Crippen LogP contribution in [0.1, 0.15) is 31.4 Å². The molecule has 1 fully saturated rings. The first-order valence-electron chi connectivity index (χ1n) is 7.66. The summed E-state index contributed by atoms with van der Waals surface area (Å²) >= 11 is 0. The number of rotatable bonds is 5. The molecule has 0 atom stereocenters. The molecule has 2 aromatic rings. The van der Waals surface area contributed by atoms with Crippen LogP contribution >= 0.6 is 0 Å². The third-order valence-electron chi connectivity index (χ3n) is 4.23. The lowest BCUT2D eigenvalue weighted by molar-refractivity contribution is 0.210. The average Bonchev–Trinajstić information content (AvgIpc) is 2.92. The van der Waals surface area contributed by atoms with Gasteiger partial charge in [0.2, 0.25) is 0 Å². The maximum atomic E-state index is 5.43. The van der Waals surface area contributed by atoms with Crippen LogP contribution in [-0.2, 0) is 0 Å². The Morgan fingerprint density at radius 1 is 1.30 bits per heavy atom. The SMILES string of the molecule is CCNCCN1CCC(c2noc3ccccc23)CC1. The fourth-order valence-electron chi connectivity index (χ4n) is 3.04. The molecule has 0 aliphatic carbocycles. The lowest BCUT2D eigenvalue weighted by Crippen LogP contribution is -2.37. The predicted molar refractivity (Wildman–Crippen MR) is 81.0 cm³/mol. The molecule has 0 spiro atoms. The van der Waals surface area contributed by atoms with E-state index in [1.54, 1.807) is 0 Å². The van der Waals surface area contributed by atoms with Crippen molar-refractivity contribution in [2.75, 3.05) is 32.7 Å². The van der Waals surface area contributed by atoms with E-state index >= 15 is 0 Å². The van der Waals surface area contributed by atoms with Gasteiger partial charge in [0.25, 0.3) is 0 Å². The molecule has 1 aromatic carbocycles. The number of aromatic nitrogens is 1. The van der Waals surface area contributed by atoms with Gasteiger partial charge in [0.1, 0.15) is 0 Å². The molecule has 1 aliphatic rings. The Morgan fingerprint density at radius 2 is 2.10 bits per heavy atom. The van der Waals surface area contributed by atoms with Crippen molar-refractivity contribution in [1.82, 2.24) is 15.4 Å². The molecule has 0 amide bonds. The number of nitrogens with one attached hydrogen (secondary N) is 1. The van der Waals surface area contributed by atoms with Gasteiger partial charge < -0.3 is 14.7 Å². The molecule has 1 aliphatic heterocycles. The number of para-hydroxylation sites is 1. The lowest BCUT2D eigenvalue weighted by Gasteiger charge is -2.31. The molecule has 0 bridgehead atoms. The Balaban J connectivity index is 1.60. The molecule has 3 rings (SSSR count). The van der Waals surface area contributed by atoms with Crippen molar-refractivity contribution >= 4 is 11.0 Å². The molecular weight excluding hydrogens is 250 g/mol. The maximum Gasteiger partial charge on any atom is 0.167 e. The fourth-order valence-corrected chi connectivity index (χ4v) is 3.04. The van der Waals surface area contributed by atoms with Crippen molar-refractivity contribution in [3.63, 3.8) is 0 Å². The van der Waals surface area contributed by atoms with Gasteiger partial charge in [-0.15, -0.1) is 0 Å². The Morgan fingerprint density at radius 3 is 2.90 bits per heavy atom. The van der Waals surface area contributed by atoms with E-state index in [4.69, 9.17) is 4.52 Å². The van der Waals surface area contributed by atoms with Crippen LogP contribution in [0, 0.1) is 0 Å². The fraction of sp³-hybridized carbons (Fsp3) is 0.562. The summed E-state index contributed by atoms with van der Waals surface area (Å²) in [5.74, 6) is 0.550. The number of benzene rings is 1. The normalized spacial score (nSPS) is 17.9. The topological polar surface area (TPSA) is 41.3 Å². The Bertz CT molecular complexity index is 543. The molecule has 0 radical (unpaired) electrons.